The predicted octanol–water partition coefficient (Wildman–Crippen LogP) is 3.53. The number of amides is 1. The van der Waals surface area contributed by atoms with Gasteiger partial charge in [-0.2, -0.15) is 0 Å². The lowest BCUT2D eigenvalue weighted by molar-refractivity contribution is -0.300. The van der Waals surface area contributed by atoms with Gasteiger partial charge in [0.15, 0.2) is 17.7 Å². The minimum Gasteiger partial charge on any atom is -0.457 e. The first-order valence-electron chi connectivity index (χ1n) is 16.6. The Balaban J connectivity index is 2.20. The summed E-state index contributed by atoms with van der Waals surface area (Å²) in [6.45, 7) is 15.2. The van der Waals surface area contributed by atoms with Crippen molar-refractivity contribution in [3.05, 3.63) is 0 Å². The molecule has 3 saturated heterocycles. The summed E-state index contributed by atoms with van der Waals surface area (Å²) in [5, 5.41) is 2.78. The number of methoxy groups -OCH3 is 1. The quantitative estimate of drug-likeness (QED) is 0.243. The zero-order chi connectivity index (χ0) is 35.6. The van der Waals surface area contributed by atoms with Crippen LogP contribution in [-0.4, -0.2) is 110 Å². The lowest BCUT2D eigenvalue weighted by Crippen LogP contribution is -2.61. The first-order valence-corrected chi connectivity index (χ1v) is 16.6. The number of hydrogen-bond donors (Lipinski definition) is 1. The topological polar surface area (TPSA) is 139 Å². The maximum Gasteiger partial charge on any atom is 0.408 e. The number of nitrogens with one attached hydrogen (secondary N) is 1. The molecule has 1 amide bonds. The van der Waals surface area contributed by atoms with Crippen molar-refractivity contribution in [1.29, 1.82) is 0 Å². The van der Waals surface area contributed by atoms with Gasteiger partial charge in [-0.05, 0) is 68.0 Å². The Hall–Kier alpha value is -2.56. The van der Waals surface area contributed by atoms with Crippen molar-refractivity contribution in [3.63, 3.8) is 0 Å². The van der Waals surface area contributed by atoms with E-state index in [0.717, 1.165) is 0 Å². The van der Waals surface area contributed by atoms with E-state index in [1.807, 2.05) is 25.9 Å². The molecule has 47 heavy (non-hydrogen) atoms. The number of esters is 1. The Labute approximate surface area is 280 Å². The maximum atomic E-state index is 14.5. The summed E-state index contributed by atoms with van der Waals surface area (Å²) in [5.74, 6) is -1.26. The average Bonchev–Trinajstić information content (AvgIpc) is 3.32. The molecule has 0 aromatic rings. The fourth-order valence-electron chi connectivity index (χ4n) is 7.76. The van der Waals surface area contributed by atoms with E-state index in [9.17, 15) is 19.2 Å². The highest BCUT2D eigenvalue weighted by Crippen LogP contribution is 2.42. The molecule has 0 saturated carbocycles. The van der Waals surface area contributed by atoms with Crippen molar-refractivity contribution in [2.45, 2.75) is 136 Å². The molecule has 3 aliphatic heterocycles. The average molecular weight is 665 g/mol. The third kappa shape index (κ3) is 7.70. The standard InChI is InChI=1S/C35H56N2O10/c1-14-16-43-34(9)18-19(3)25(38)21(5)27-35(10,47-32(41)36-27)24(15-2)45-31(40)33(7,8)28(39)22(6)29(34)46-30-26(42-13)23(37(11)12)17-20(4)44-30/h1,19-24,26-27,29-30H,15-18H2,2-13H3,(H,36,41)/t19-,20-,21+,22+,23+,24-,26-,27-,29-,30?,34+,35-/m1/s1. The summed E-state index contributed by atoms with van der Waals surface area (Å²) in [4.78, 5) is 57.2. The van der Waals surface area contributed by atoms with E-state index < -0.39 is 82.9 Å². The van der Waals surface area contributed by atoms with E-state index in [1.165, 1.54) is 13.8 Å². The maximum absolute atomic E-state index is 14.5. The molecule has 1 unspecified atom stereocenters. The number of alkyl carbamates (subject to hydrolysis) is 1. The van der Waals surface area contributed by atoms with Gasteiger partial charge in [0.25, 0.3) is 0 Å². The third-order valence-electron chi connectivity index (χ3n) is 10.5. The molecule has 12 atom stereocenters. The van der Waals surface area contributed by atoms with Gasteiger partial charge in [0.05, 0.1) is 23.9 Å². The third-order valence-corrected chi connectivity index (χ3v) is 10.5. The molecule has 12 heteroatoms. The van der Waals surface area contributed by atoms with Crippen LogP contribution >= 0.6 is 0 Å². The molecular formula is C35H56N2O10. The molecule has 0 aromatic heterocycles. The molecule has 0 aliphatic carbocycles. The lowest BCUT2D eigenvalue weighted by atomic mass is 9.71. The van der Waals surface area contributed by atoms with Crippen LogP contribution in [0.3, 0.4) is 0 Å². The number of cyclic esters (lactones) is 1. The molecule has 3 fully saturated rings. The zero-order valence-corrected chi connectivity index (χ0v) is 30.2. The van der Waals surface area contributed by atoms with Gasteiger partial charge in [-0.3, -0.25) is 14.4 Å². The number of hydrogen-bond acceptors (Lipinski definition) is 11. The smallest absolute Gasteiger partial charge is 0.408 e. The SMILES string of the molecule is C#CCO[C@@]1(C)C[C@@H](C)C(=O)[C@H](C)[C@H]2NC(=O)O[C@]2(C)[C@@H](CC)OC(=O)C(C)(C)C(=O)[C@H](C)[C@H]1OC1O[C@H](C)C[C@H](N(C)C)[C@H]1OC. The molecule has 0 bridgehead atoms. The van der Waals surface area contributed by atoms with Crippen LogP contribution in [0.4, 0.5) is 4.79 Å². The van der Waals surface area contributed by atoms with E-state index >= 15 is 0 Å². The molecule has 0 radical (unpaired) electrons. The first-order chi connectivity index (χ1) is 21.8. The summed E-state index contributed by atoms with van der Waals surface area (Å²) in [5.41, 5.74) is -4.33. The van der Waals surface area contributed by atoms with Gasteiger partial charge in [-0.15, -0.1) is 6.42 Å². The summed E-state index contributed by atoms with van der Waals surface area (Å²) in [6, 6.07) is -0.871. The number of carbonyl (C=O) groups excluding carboxylic acids is 4. The Morgan fingerprint density at radius 1 is 1.04 bits per heavy atom. The number of carbonyl (C=O) groups is 4. The number of ether oxygens (including phenoxy) is 6. The van der Waals surface area contributed by atoms with Gasteiger partial charge >= 0.3 is 12.1 Å². The van der Waals surface area contributed by atoms with Gasteiger partial charge in [-0.25, -0.2) is 4.79 Å². The van der Waals surface area contributed by atoms with Crippen LogP contribution in [0.5, 0.6) is 0 Å². The Morgan fingerprint density at radius 2 is 1.68 bits per heavy atom. The van der Waals surface area contributed by atoms with Crippen molar-refractivity contribution in [2.75, 3.05) is 27.8 Å². The highest BCUT2D eigenvalue weighted by atomic mass is 16.7. The van der Waals surface area contributed by atoms with Crippen LogP contribution in [-0.2, 0) is 42.8 Å². The van der Waals surface area contributed by atoms with Crippen LogP contribution < -0.4 is 5.32 Å². The number of fused-ring (bicyclic) bond motifs is 1. The van der Waals surface area contributed by atoms with Crippen LogP contribution in [0.2, 0.25) is 0 Å². The van der Waals surface area contributed by atoms with Crippen LogP contribution in [0.15, 0.2) is 0 Å². The monoisotopic (exact) mass is 664 g/mol. The summed E-state index contributed by atoms with van der Waals surface area (Å²) >= 11 is 0. The van der Waals surface area contributed by atoms with E-state index in [2.05, 4.69) is 11.2 Å². The Bertz CT molecular complexity index is 1220. The Kier molecular flexibility index (Phi) is 12.3. The van der Waals surface area contributed by atoms with Gasteiger partial charge in [-0.1, -0.05) is 33.6 Å². The van der Waals surface area contributed by atoms with E-state index in [0.29, 0.717) is 6.42 Å². The molecule has 3 rings (SSSR count). The highest BCUT2D eigenvalue weighted by molar-refractivity contribution is 6.04. The molecule has 0 aromatic carbocycles. The number of Topliss-reactive ketones (excluding diaryl/α,β-unsaturated/α-hetero) is 2. The van der Waals surface area contributed by atoms with E-state index in [1.54, 1.807) is 48.7 Å². The number of terminal acetylenes is 1. The van der Waals surface area contributed by atoms with Gasteiger partial charge in [0.2, 0.25) is 0 Å². The molecule has 266 valence electrons. The van der Waals surface area contributed by atoms with Crippen LogP contribution in [0.25, 0.3) is 0 Å². The number of ketones is 2. The second-order valence-electron chi connectivity index (χ2n) is 14.7. The number of rotatable bonds is 7. The van der Waals surface area contributed by atoms with Crippen molar-refractivity contribution in [1.82, 2.24) is 10.2 Å². The minimum absolute atomic E-state index is 0.0620. The van der Waals surface area contributed by atoms with Crippen molar-refractivity contribution >= 4 is 23.6 Å². The van der Waals surface area contributed by atoms with Crippen LogP contribution in [0.1, 0.15) is 81.6 Å². The first kappa shape index (κ1) is 38.9. The predicted molar refractivity (Wildman–Crippen MR) is 173 cm³/mol. The molecule has 1 N–H and O–H groups in total. The summed E-state index contributed by atoms with van der Waals surface area (Å²) in [7, 11) is 5.49. The number of nitrogens with zero attached hydrogens (tertiary/aromatic N) is 1. The second-order valence-corrected chi connectivity index (χ2v) is 14.7. The largest absolute Gasteiger partial charge is 0.457 e. The Morgan fingerprint density at radius 3 is 2.23 bits per heavy atom. The summed E-state index contributed by atoms with van der Waals surface area (Å²) in [6.07, 6.45) is 2.40. The van der Waals surface area contributed by atoms with Gasteiger partial charge < -0.3 is 38.6 Å². The van der Waals surface area contributed by atoms with Crippen molar-refractivity contribution in [3.8, 4) is 12.3 Å². The molecule has 3 heterocycles. The summed E-state index contributed by atoms with van der Waals surface area (Å²) < 4.78 is 37.1. The van der Waals surface area contributed by atoms with Crippen molar-refractivity contribution in [2.24, 2.45) is 23.2 Å². The minimum atomic E-state index is -1.64. The van der Waals surface area contributed by atoms with Crippen LogP contribution in [0, 0.1) is 35.5 Å². The molecule has 0 spiro atoms. The highest BCUT2D eigenvalue weighted by Gasteiger charge is 2.58. The molecular weight excluding hydrogens is 608 g/mol. The normalized spacial score (nSPS) is 41.7. The fourth-order valence-corrected chi connectivity index (χ4v) is 7.76. The molecule has 12 nitrogen and oxygen atoms in total. The second kappa shape index (κ2) is 14.9. The van der Waals surface area contributed by atoms with Crippen molar-refractivity contribution < 1.29 is 47.6 Å². The lowest BCUT2D eigenvalue weighted by Gasteiger charge is -2.48. The van der Waals surface area contributed by atoms with E-state index in [4.69, 9.17) is 34.8 Å². The molecule has 3 aliphatic rings. The van der Waals surface area contributed by atoms with Gasteiger partial charge in [0, 0.05) is 30.9 Å². The van der Waals surface area contributed by atoms with Gasteiger partial charge in [0.1, 0.15) is 30.0 Å². The fraction of sp³-hybridized carbons (Fsp3) is 0.829. The van der Waals surface area contributed by atoms with E-state index in [-0.39, 0.29) is 37.4 Å². The zero-order valence-electron chi connectivity index (χ0n) is 30.2. The number of likely N-dealkylation sites (N-methyl/N-ethyl adjacent to an activating group) is 1.